The van der Waals surface area contributed by atoms with Gasteiger partial charge in [-0.3, -0.25) is 15.0 Å². The van der Waals surface area contributed by atoms with E-state index in [0.717, 1.165) is 28.4 Å². The molecule has 0 fully saturated rings. The molecule has 0 aliphatic rings. The molecule has 3 aromatic heterocycles. The van der Waals surface area contributed by atoms with Crippen LogP contribution in [0.2, 0.25) is 0 Å². The van der Waals surface area contributed by atoms with Crippen LogP contribution < -0.4 is 20.1 Å². The minimum atomic E-state index is -3.46. The Bertz CT molecular complexity index is 1780. The number of benzene rings is 2. The molecule has 0 saturated heterocycles. The lowest BCUT2D eigenvalue weighted by atomic mass is 10.1. The first-order valence-electron chi connectivity index (χ1n) is 12.4. The van der Waals surface area contributed by atoms with Crippen molar-refractivity contribution in [2.24, 2.45) is 0 Å². The van der Waals surface area contributed by atoms with Gasteiger partial charge in [0.1, 0.15) is 23.1 Å². The standard InChI is InChI=1S/C28H27N7O4S/c1-18(2)25-16-27(35(33-25)22-7-4-20-17-29-12-10-19(20)14-22)32-28(36)31-21-5-8-23(9-6-21)39-24-11-13-30-26(15-24)34-40(3,37)38/h4-18H,1-3H3,(H,30,34)(H2,31,32,36). The summed E-state index contributed by atoms with van der Waals surface area (Å²) in [5.41, 5.74) is 2.21. The molecule has 3 heterocycles. The highest BCUT2D eigenvalue weighted by molar-refractivity contribution is 7.92. The second kappa shape index (κ2) is 11.0. The van der Waals surface area contributed by atoms with Crippen LogP contribution in [-0.4, -0.2) is 40.5 Å². The number of hydrogen-bond donors (Lipinski definition) is 3. The van der Waals surface area contributed by atoms with E-state index >= 15 is 0 Å². The number of anilines is 3. The molecule has 11 nitrogen and oxygen atoms in total. The summed E-state index contributed by atoms with van der Waals surface area (Å²) in [5, 5.41) is 12.5. The number of carbonyl (C=O) groups excluding carboxylic acids is 1. The Kier molecular flexibility index (Phi) is 7.34. The minimum Gasteiger partial charge on any atom is -0.457 e. The fraction of sp³-hybridized carbons (Fsp3) is 0.143. The number of amides is 2. The van der Waals surface area contributed by atoms with Gasteiger partial charge in [0.05, 0.1) is 17.6 Å². The first-order chi connectivity index (χ1) is 19.1. The summed E-state index contributed by atoms with van der Waals surface area (Å²) in [7, 11) is -3.46. The van der Waals surface area contributed by atoms with Crippen LogP contribution in [-0.2, 0) is 10.0 Å². The number of nitrogens with zero attached hydrogens (tertiary/aromatic N) is 4. The number of pyridine rings is 2. The van der Waals surface area contributed by atoms with Crippen molar-refractivity contribution in [1.29, 1.82) is 0 Å². The summed E-state index contributed by atoms with van der Waals surface area (Å²) in [6.07, 6.45) is 6.02. The van der Waals surface area contributed by atoms with Crippen LogP contribution in [0, 0.1) is 0 Å². The predicted octanol–water partition coefficient (Wildman–Crippen LogP) is 5.75. The van der Waals surface area contributed by atoms with Crippen LogP contribution in [0.3, 0.4) is 0 Å². The molecule has 0 unspecified atom stereocenters. The van der Waals surface area contributed by atoms with E-state index in [1.807, 2.05) is 44.2 Å². The normalized spacial score (nSPS) is 11.4. The Hall–Kier alpha value is -4.97. The van der Waals surface area contributed by atoms with Gasteiger partial charge in [-0.15, -0.1) is 0 Å². The SMILES string of the molecule is CC(C)c1cc(NC(=O)Nc2ccc(Oc3ccnc(NS(C)(=O)=O)c3)cc2)n(-c2ccc3cnccc3c2)n1. The fourth-order valence-corrected chi connectivity index (χ4v) is 4.40. The van der Waals surface area contributed by atoms with Crippen molar-refractivity contribution < 1.29 is 17.9 Å². The largest absolute Gasteiger partial charge is 0.457 e. The second-order valence-corrected chi connectivity index (χ2v) is 11.1. The summed E-state index contributed by atoms with van der Waals surface area (Å²) >= 11 is 0. The molecule has 0 spiro atoms. The van der Waals surface area contributed by atoms with Crippen LogP contribution in [0.4, 0.5) is 22.1 Å². The summed E-state index contributed by atoms with van der Waals surface area (Å²) < 4.78 is 32.7. The Balaban J connectivity index is 1.28. The number of nitrogens with one attached hydrogen (secondary N) is 3. The van der Waals surface area contributed by atoms with Crippen LogP contribution in [0.5, 0.6) is 11.5 Å². The van der Waals surface area contributed by atoms with Crippen molar-refractivity contribution in [2.75, 3.05) is 21.6 Å². The van der Waals surface area contributed by atoms with Gasteiger partial charge in [-0.05, 0) is 59.8 Å². The zero-order chi connectivity index (χ0) is 28.3. The number of hydrogen-bond acceptors (Lipinski definition) is 7. The van der Waals surface area contributed by atoms with Gasteiger partial charge in [0.15, 0.2) is 0 Å². The maximum atomic E-state index is 12.9. The highest BCUT2D eigenvalue weighted by Crippen LogP contribution is 2.26. The predicted molar refractivity (Wildman–Crippen MR) is 155 cm³/mol. The lowest BCUT2D eigenvalue weighted by Gasteiger charge is -2.12. The van der Waals surface area contributed by atoms with E-state index in [4.69, 9.17) is 9.84 Å². The third-order valence-corrected chi connectivity index (χ3v) is 6.38. The summed E-state index contributed by atoms with van der Waals surface area (Å²) in [4.78, 5) is 21.0. The zero-order valence-corrected chi connectivity index (χ0v) is 22.8. The highest BCUT2D eigenvalue weighted by atomic mass is 32.2. The van der Waals surface area contributed by atoms with Gasteiger partial charge in [0.25, 0.3) is 0 Å². The smallest absolute Gasteiger partial charge is 0.324 e. The maximum Gasteiger partial charge on any atom is 0.324 e. The molecule has 0 atom stereocenters. The van der Waals surface area contributed by atoms with Crippen LogP contribution in [0.15, 0.2) is 85.3 Å². The van der Waals surface area contributed by atoms with E-state index in [1.165, 1.54) is 12.3 Å². The maximum absolute atomic E-state index is 12.9. The van der Waals surface area contributed by atoms with E-state index in [1.54, 1.807) is 47.4 Å². The molecule has 2 aromatic carbocycles. The van der Waals surface area contributed by atoms with E-state index in [-0.39, 0.29) is 11.7 Å². The van der Waals surface area contributed by atoms with E-state index < -0.39 is 16.1 Å². The molecule has 40 heavy (non-hydrogen) atoms. The lowest BCUT2D eigenvalue weighted by molar-refractivity contribution is 0.262. The zero-order valence-electron chi connectivity index (χ0n) is 22.0. The number of carbonyl (C=O) groups is 1. The molecule has 2 amide bonds. The van der Waals surface area contributed by atoms with E-state index in [2.05, 4.69) is 25.3 Å². The summed E-state index contributed by atoms with van der Waals surface area (Å²) in [5.74, 6) is 1.74. The van der Waals surface area contributed by atoms with Gasteiger partial charge in [-0.2, -0.15) is 5.10 Å². The molecule has 204 valence electrons. The average molecular weight is 558 g/mol. The summed E-state index contributed by atoms with van der Waals surface area (Å²) in [6, 6.07) is 19.1. The third-order valence-electron chi connectivity index (χ3n) is 5.80. The quantitative estimate of drug-likeness (QED) is 0.221. The second-order valence-electron chi connectivity index (χ2n) is 9.38. The van der Waals surface area contributed by atoms with Gasteiger partial charge in [-0.1, -0.05) is 19.9 Å². The molecule has 5 aromatic rings. The number of urea groups is 1. The Morgan fingerprint density at radius 1 is 0.900 bits per heavy atom. The monoisotopic (exact) mass is 557 g/mol. The third kappa shape index (κ3) is 6.53. The van der Waals surface area contributed by atoms with Gasteiger partial charge in [0, 0.05) is 41.8 Å². The van der Waals surface area contributed by atoms with E-state index in [9.17, 15) is 13.2 Å². The molecule has 0 radical (unpaired) electrons. The minimum absolute atomic E-state index is 0.149. The Labute approximate surface area is 231 Å². The van der Waals surface area contributed by atoms with Gasteiger partial charge in [-0.25, -0.2) is 22.9 Å². The number of ether oxygens (including phenoxy) is 1. The topological polar surface area (TPSA) is 140 Å². The van der Waals surface area contributed by atoms with E-state index in [0.29, 0.717) is 23.0 Å². The lowest BCUT2D eigenvalue weighted by Crippen LogP contribution is -2.21. The van der Waals surface area contributed by atoms with Crippen LogP contribution in [0.25, 0.3) is 16.5 Å². The average Bonchev–Trinajstić information content (AvgIpc) is 3.33. The number of fused-ring (bicyclic) bond motifs is 1. The molecule has 3 N–H and O–H groups in total. The molecular weight excluding hydrogens is 530 g/mol. The summed E-state index contributed by atoms with van der Waals surface area (Å²) in [6.45, 7) is 4.09. The fourth-order valence-electron chi connectivity index (χ4n) is 3.91. The Morgan fingerprint density at radius 2 is 1.70 bits per heavy atom. The number of rotatable bonds is 8. The van der Waals surface area contributed by atoms with Crippen molar-refractivity contribution >= 4 is 44.1 Å². The van der Waals surface area contributed by atoms with Gasteiger partial charge in [0.2, 0.25) is 10.0 Å². The number of sulfonamides is 1. The highest BCUT2D eigenvalue weighted by Gasteiger charge is 2.15. The van der Waals surface area contributed by atoms with Crippen LogP contribution in [0.1, 0.15) is 25.5 Å². The molecule has 5 rings (SSSR count). The van der Waals surface area contributed by atoms with Crippen molar-refractivity contribution in [3.63, 3.8) is 0 Å². The molecular formula is C28H27N7O4S. The van der Waals surface area contributed by atoms with Crippen molar-refractivity contribution in [3.05, 3.63) is 91.0 Å². The molecule has 0 aliphatic carbocycles. The number of aromatic nitrogens is 4. The first kappa shape index (κ1) is 26.6. The van der Waals surface area contributed by atoms with Crippen LogP contribution >= 0.6 is 0 Å². The Morgan fingerprint density at radius 3 is 2.45 bits per heavy atom. The molecule has 0 aliphatic heterocycles. The van der Waals surface area contributed by atoms with Crippen molar-refractivity contribution in [1.82, 2.24) is 19.7 Å². The first-order valence-corrected chi connectivity index (χ1v) is 14.3. The van der Waals surface area contributed by atoms with Gasteiger partial charge >= 0.3 is 6.03 Å². The van der Waals surface area contributed by atoms with Gasteiger partial charge < -0.3 is 10.1 Å². The molecule has 0 bridgehead atoms. The van der Waals surface area contributed by atoms with Crippen molar-refractivity contribution in [2.45, 2.75) is 19.8 Å². The molecule has 12 heteroatoms. The van der Waals surface area contributed by atoms with Crippen molar-refractivity contribution in [3.8, 4) is 17.2 Å². The molecule has 0 saturated carbocycles.